The molecular formula is C19H22N2O3. The van der Waals surface area contributed by atoms with Crippen LogP contribution in [0.1, 0.15) is 24.0 Å². The smallest absolute Gasteiger partial charge is 0.410 e. The van der Waals surface area contributed by atoms with Crippen LogP contribution in [0.4, 0.5) is 10.5 Å². The summed E-state index contributed by atoms with van der Waals surface area (Å²) in [4.78, 5) is 13.8. The first kappa shape index (κ1) is 16.3. The summed E-state index contributed by atoms with van der Waals surface area (Å²) in [5.41, 5.74) is 7.25. The standard InChI is InChI=1S/C19H22N2O3/c20-17-8-6-16(7-9-17)19(23)10-12-21(13-11-19)18(22)24-14-15-4-2-1-3-5-15/h1-9,23H,10-14,20H2. The highest BCUT2D eigenvalue weighted by molar-refractivity contribution is 5.67. The number of likely N-dealkylation sites (tertiary alicyclic amines) is 1. The van der Waals surface area contributed by atoms with E-state index >= 15 is 0 Å². The first-order valence-corrected chi connectivity index (χ1v) is 8.11. The third-order valence-corrected chi connectivity index (χ3v) is 4.50. The van der Waals surface area contributed by atoms with Crippen molar-refractivity contribution in [3.63, 3.8) is 0 Å². The van der Waals surface area contributed by atoms with E-state index in [1.165, 1.54) is 0 Å². The number of carbonyl (C=O) groups is 1. The van der Waals surface area contributed by atoms with Crippen LogP contribution in [0.15, 0.2) is 54.6 Å². The van der Waals surface area contributed by atoms with Gasteiger partial charge in [0, 0.05) is 18.8 Å². The van der Waals surface area contributed by atoms with Crippen LogP contribution in [0.25, 0.3) is 0 Å². The first-order valence-electron chi connectivity index (χ1n) is 8.11. The highest BCUT2D eigenvalue weighted by atomic mass is 16.6. The molecule has 0 bridgehead atoms. The molecule has 1 aliphatic rings. The molecule has 5 nitrogen and oxygen atoms in total. The van der Waals surface area contributed by atoms with E-state index in [1.54, 1.807) is 17.0 Å². The molecular weight excluding hydrogens is 304 g/mol. The van der Waals surface area contributed by atoms with Gasteiger partial charge >= 0.3 is 6.09 Å². The summed E-state index contributed by atoms with van der Waals surface area (Å²) in [6.45, 7) is 1.20. The lowest BCUT2D eigenvalue weighted by atomic mass is 9.84. The average molecular weight is 326 g/mol. The fraction of sp³-hybridized carbons (Fsp3) is 0.316. The molecule has 1 aliphatic heterocycles. The number of aliphatic hydroxyl groups is 1. The van der Waals surface area contributed by atoms with Gasteiger partial charge in [-0.2, -0.15) is 0 Å². The Hall–Kier alpha value is -2.53. The molecule has 126 valence electrons. The quantitative estimate of drug-likeness (QED) is 0.851. The number of rotatable bonds is 3. The Morgan fingerprint density at radius 2 is 1.71 bits per heavy atom. The minimum absolute atomic E-state index is 0.262. The van der Waals surface area contributed by atoms with Gasteiger partial charge < -0.3 is 20.5 Å². The second-order valence-corrected chi connectivity index (χ2v) is 6.18. The van der Waals surface area contributed by atoms with Gasteiger partial charge in [0.15, 0.2) is 0 Å². The second-order valence-electron chi connectivity index (χ2n) is 6.18. The van der Waals surface area contributed by atoms with E-state index in [-0.39, 0.29) is 12.7 Å². The fourth-order valence-electron chi connectivity index (χ4n) is 2.95. The van der Waals surface area contributed by atoms with E-state index in [2.05, 4.69) is 0 Å². The number of nitrogens with two attached hydrogens (primary N) is 1. The van der Waals surface area contributed by atoms with Gasteiger partial charge in [-0.3, -0.25) is 0 Å². The normalized spacial score (nSPS) is 16.6. The Morgan fingerprint density at radius 1 is 1.08 bits per heavy atom. The number of nitrogens with zero attached hydrogens (tertiary/aromatic N) is 1. The van der Waals surface area contributed by atoms with E-state index in [9.17, 15) is 9.90 Å². The van der Waals surface area contributed by atoms with Gasteiger partial charge in [-0.25, -0.2) is 4.79 Å². The Labute approximate surface area is 141 Å². The maximum absolute atomic E-state index is 12.2. The van der Waals surface area contributed by atoms with Crippen molar-refractivity contribution in [2.75, 3.05) is 18.8 Å². The van der Waals surface area contributed by atoms with Gasteiger partial charge in [-0.15, -0.1) is 0 Å². The van der Waals surface area contributed by atoms with Gasteiger partial charge in [-0.1, -0.05) is 42.5 Å². The maximum Gasteiger partial charge on any atom is 0.410 e. The van der Waals surface area contributed by atoms with E-state index in [0.717, 1.165) is 11.1 Å². The Kier molecular flexibility index (Phi) is 4.71. The number of amides is 1. The van der Waals surface area contributed by atoms with Crippen LogP contribution >= 0.6 is 0 Å². The van der Waals surface area contributed by atoms with Gasteiger partial charge in [0.1, 0.15) is 6.61 Å². The van der Waals surface area contributed by atoms with Crippen LogP contribution in [-0.4, -0.2) is 29.2 Å². The van der Waals surface area contributed by atoms with Crippen LogP contribution in [-0.2, 0) is 16.9 Å². The van der Waals surface area contributed by atoms with Crippen LogP contribution in [0.2, 0.25) is 0 Å². The van der Waals surface area contributed by atoms with Gasteiger partial charge in [-0.05, 0) is 36.1 Å². The van der Waals surface area contributed by atoms with Crippen molar-refractivity contribution in [3.05, 3.63) is 65.7 Å². The number of ether oxygens (including phenoxy) is 1. The largest absolute Gasteiger partial charge is 0.445 e. The van der Waals surface area contributed by atoms with Crippen LogP contribution in [0.5, 0.6) is 0 Å². The lowest BCUT2D eigenvalue weighted by Gasteiger charge is -2.38. The van der Waals surface area contributed by atoms with Crippen molar-refractivity contribution in [1.29, 1.82) is 0 Å². The topological polar surface area (TPSA) is 75.8 Å². The highest BCUT2D eigenvalue weighted by Gasteiger charge is 2.35. The SMILES string of the molecule is Nc1ccc(C2(O)CCN(C(=O)OCc3ccccc3)CC2)cc1. The van der Waals surface area contributed by atoms with Crippen molar-refractivity contribution in [2.24, 2.45) is 0 Å². The molecule has 0 unspecified atom stereocenters. The molecule has 24 heavy (non-hydrogen) atoms. The average Bonchev–Trinajstić information content (AvgIpc) is 2.61. The third kappa shape index (κ3) is 3.68. The summed E-state index contributed by atoms with van der Waals surface area (Å²) in [7, 11) is 0. The number of anilines is 1. The molecule has 2 aromatic carbocycles. The molecule has 1 amide bonds. The number of carbonyl (C=O) groups excluding carboxylic acids is 1. The molecule has 0 aromatic heterocycles. The summed E-state index contributed by atoms with van der Waals surface area (Å²) >= 11 is 0. The van der Waals surface area contributed by atoms with Crippen molar-refractivity contribution in [1.82, 2.24) is 4.90 Å². The molecule has 1 heterocycles. The molecule has 0 spiro atoms. The van der Waals surface area contributed by atoms with E-state index in [1.807, 2.05) is 42.5 Å². The highest BCUT2D eigenvalue weighted by Crippen LogP contribution is 2.33. The van der Waals surface area contributed by atoms with Crippen molar-refractivity contribution in [2.45, 2.75) is 25.0 Å². The van der Waals surface area contributed by atoms with E-state index in [0.29, 0.717) is 31.6 Å². The maximum atomic E-state index is 12.2. The molecule has 3 rings (SSSR count). The Balaban J connectivity index is 1.54. The van der Waals surface area contributed by atoms with Crippen molar-refractivity contribution >= 4 is 11.8 Å². The molecule has 5 heteroatoms. The molecule has 0 aliphatic carbocycles. The van der Waals surface area contributed by atoms with Gasteiger partial charge in [0.25, 0.3) is 0 Å². The number of benzene rings is 2. The zero-order valence-electron chi connectivity index (χ0n) is 13.5. The van der Waals surface area contributed by atoms with Crippen LogP contribution in [0, 0.1) is 0 Å². The number of nitrogen functional groups attached to an aromatic ring is 1. The van der Waals surface area contributed by atoms with E-state index in [4.69, 9.17) is 10.5 Å². The van der Waals surface area contributed by atoms with Gasteiger partial charge in [0.2, 0.25) is 0 Å². The summed E-state index contributed by atoms with van der Waals surface area (Å²) in [5.74, 6) is 0. The summed E-state index contributed by atoms with van der Waals surface area (Å²) in [6, 6.07) is 16.9. The minimum Gasteiger partial charge on any atom is -0.445 e. The molecule has 0 atom stereocenters. The Bertz CT molecular complexity index is 678. The lowest BCUT2D eigenvalue weighted by molar-refractivity contribution is -0.0255. The fourth-order valence-corrected chi connectivity index (χ4v) is 2.95. The third-order valence-electron chi connectivity index (χ3n) is 4.50. The van der Waals surface area contributed by atoms with Crippen molar-refractivity contribution < 1.29 is 14.6 Å². The first-order chi connectivity index (χ1) is 11.6. The zero-order valence-corrected chi connectivity index (χ0v) is 13.5. The molecule has 0 radical (unpaired) electrons. The Morgan fingerprint density at radius 3 is 2.33 bits per heavy atom. The summed E-state index contributed by atoms with van der Waals surface area (Å²) in [6.07, 6.45) is 0.632. The summed E-state index contributed by atoms with van der Waals surface area (Å²) < 4.78 is 5.35. The predicted molar refractivity (Wildman–Crippen MR) is 92.2 cm³/mol. The summed E-state index contributed by atoms with van der Waals surface area (Å²) in [5, 5.41) is 10.8. The number of piperidine rings is 1. The number of hydrogen-bond acceptors (Lipinski definition) is 4. The minimum atomic E-state index is -0.913. The molecule has 2 aromatic rings. The molecule has 0 saturated carbocycles. The number of hydrogen-bond donors (Lipinski definition) is 2. The second kappa shape index (κ2) is 6.93. The van der Waals surface area contributed by atoms with Crippen molar-refractivity contribution in [3.8, 4) is 0 Å². The molecule has 1 saturated heterocycles. The molecule has 1 fully saturated rings. The zero-order chi connectivity index (χ0) is 17.0. The predicted octanol–water partition coefficient (Wildman–Crippen LogP) is 2.89. The van der Waals surface area contributed by atoms with Crippen LogP contribution in [0.3, 0.4) is 0 Å². The monoisotopic (exact) mass is 326 g/mol. The van der Waals surface area contributed by atoms with Gasteiger partial charge in [0.05, 0.1) is 5.60 Å². The lowest BCUT2D eigenvalue weighted by Crippen LogP contribution is -2.45. The van der Waals surface area contributed by atoms with Crippen LogP contribution < -0.4 is 5.73 Å². The van der Waals surface area contributed by atoms with E-state index < -0.39 is 5.60 Å². The molecule has 3 N–H and O–H groups in total.